The van der Waals surface area contributed by atoms with Crippen LogP contribution in [0.4, 0.5) is 4.39 Å². The molecule has 4 aliphatic carbocycles. The summed E-state index contributed by atoms with van der Waals surface area (Å²) in [6.45, 7) is 4.35. The Bertz CT molecular complexity index is 920. The van der Waals surface area contributed by atoms with E-state index in [0.29, 0.717) is 36.7 Å². The van der Waals surface area contributed by atoms with E-state index in [2.05, 4.69) is 18.1 Å². The average Bonchev–Trinajstić information content (AvgIpc) is 3.31. The van der Waals surface area contributed by atoms with Crippen LogP contribution in [0.15, 0.2) is 12.4 Å². The summed E-state index contributed by atoms with van der Waals surface area (Å²) in [5.74, 6) is 1.02. The van der Waals surface area contributed by atoms with Gasteiger partial charge in [0.05, 0.1) is 23.9 Å². The third-order valence-electron chi connectivity index (χ3n) is 9.78. The summed E-state index contributed by atoms with van der Waals surface area (Å²) in [5.41, 5.74) is -1.45. The van der Waals surface area contributed by atoms with E-state index in [4.69, 9.17) is 5.26 Å². The van der Waals surface area contributed by atoms with E-state index < -0.39 is 11.3 Å². The number of ketones is 1. The molecule has 6 heteroatoms. The summed E-state index contributed by atoms with van der Waals surface area (Å²) >= 11 is 0. The number of nitrogens with zero attached hydrogens (tertiary/aromatic N) is 3. The van der Waals surface area contributed by atoms with Gasteiger partial charge in [0, 0.05) is 12.1 Å². The molecule has 5 nitrogen and oxygen atoms in total. The number of hydrogen-bond donors (Lipinski definition) is 1. The Morgan fingerprint density at radius 3 is 2.77 bits per heavy atom. The predicted molar refractivity (Wildman–Crippen MR) is 114 cm³/mol. The van der Waals surface area contributed by atoms with Crippen LogP contribution in [0.25, 0.3) is 0 Å². The van der Waals surface area contributed by atoms with Crippen LogP contribution in [0, 0.1) is 46.3 Å². The lowest BCUT2D eigenvalue weighted by Gasteiger charge is -2.59. The van der Waals surface area contributed by atoms with E-state index in [1.54, 1.807) is 10.9 Å². The number of carbonyl (C=O) groups is 1. The molecule has 5 rings (SSSR count). The van der Waals surface area contributed by atoms with E-state index in [9.17, 15) is 9.90 Å². The van der Waals surface area contributed by atoms with Gasteiger partial charge in [0.25, 0.3) is 0 Å². The molecule has 4 fully saturated rings. The third-order valence-corrected chi connectivity index (χ3v) is 9.78. The maximum atomic E-state index is 16.4. The van der Waals surface area contributed by atoms with Gasteiger partial charge in [-0.25, -0.2) is 4.39 Å². The summed E-state index contributed by atoms with van der Waals surface area (Å²) in [6, 6.07) is 2.06. The quantitative estimate of drug-likeness (QED) is 0.774. The highest BCUT2D eigenvalue weighted by Gasteiger charge is 2.63. The van der Waals surface area contributed by atoms with Gasteiger partial charge in [-0.05, 0) is 93.8 Å². The summed E-state index contributed by atoms with van der Waals surface area (Å²) in [4.78, 5) is 13.2. The molecule has 0 aromatic carbocycles. The van der Waals surface area contributed by atoms with Crippen LogP contribution in [0.2, 0.25) is 0 Å². The molecule has 8 atom stereocenters. The first-order valence-corrected chi connectivity index (χ1v) is 12.0. The molecule has 0 spiro atoms. The van der Waals surface area contributed by atoms with Gasteiger partial charge in [-0.2, -0.15) is 10.4 Å². The van der Waals surface area contributed by atoms with Gasteiger partial charge in [0.15, 0.2) is 5.78 Å². The number of aromatic nitrogens is 2. The Morgan fingerprint density at radius 2 is 2.03 bits per heavy atom. The van der Waals surface area contributed by atoms with Crippen molar-refractivity contribution >= 4 is 5.78 Å². The number of nitriles is 1. The second-order valence-corrected chi connectivity index (χ2v) is 11.5. The number of hydrogen-bond acceptors (Lipinski definition) is 4. The Labute approximate surface area is 184 Å². The van der Waals surface area contributed by atoms with E-state index >= 15 is 4.39 Å². The van der Waals surface area contributed by atoms with Crippen molar-refractivity contribution in [2.75, 3.05) is 0 Å². The second kappa shape index (κ2) is 7.13. The molecule has 31 heavy (non-hydrogen) atoms. The average molecular weight is 428 g/mol. The van der Waals surface area contributed by atoms with Crippen LogP contribution >= 0.6 is 0 Å². The van der Waals surface area contributed by atoms with Crippen LogP contribution in [0.3, 0.4) is 0 Å². The number of aliphatic hydroxyl groups is 1. The van der Waals surface area contributed by atoms with Crippen molar-refractivity contribution in [3.8, 4) is 6.07 Å². The van der Waals surface area contributed by atoms with Crippen molar-refractivity contribution in [2.24, 2.45) is 35.0 Å². The van der Waals surface area contributed by atoms with Gasteiger partial charge in [-0.15, -0.1) is 0 Å². The minimum absolute atomic E-state index is 0.00596. The normalized spacial score (nSPS) is 46.5. The van der Waals surface area contributed by atoms with E-state index in [-0.39, 0.29) is 35.5 Å². The zero-order chi connectivity index (χ0) is 22.0. The molecule has 0 radical (unpaired) electrons. The maximum Gasteiger partial charge on any atom is 0.157 e. The van der Waals surface area contributed by atoms with Gasteiger partial charge >= 0.3 is 0 Å². The molecule has 1 aromatic heterocycles. The van der Waals surface area contributed by atoms with Crippen LogP contribution in [-0.2, 0) is 11.3 Å². The molecular weight excluding hydrogens is 393 g/mol. The Balaban J connectivity index is 1.34. The Morgan fingerprint density at radius 1 is 1.23 bits per heavy atom. The van der Waals surface area contributed by atoms with Crippen LogP contribution in [0.5, 0.6) is 0 Å². The molecule has 1 heterocycles. The van der Waals surface area contributed by atoms with Crippen molar-refractivity contribution in [2.45, 2.75) is 89.4 Å². The first-order valence-electron chi connectivity index (χ1n) is 12.0. The lowest BCUT2D eigenvalue weighted by atomic mass is 9.48. The van der Waals surface area contributed by atoms with Crippen LogP contribution in [-0.4, -0.2) is 31.9 Å². The highest BCUT2D eigenvalue weighted by Crippen LogP contribution is 2.66. The molecule has 4 aliphatic rings. The lowest BCUT2D eigenvalue weighted by molar-refractivity contribution is -0.166. The van der Waals surface area contributed by atoms with Crippen molar-refractivity contribution in [1.29, 1.82) is 5.26 Å². The van der Waals surface area contributed by atoms with Crippen LogP contribution in [0.1, 0.15) is 77.2 Å². The van der Waals surface area contributed by atoms with Crippen LogP contribution < -0.4 is 0 Å². The molecule has 0 unspecified atom stereocenters. The molecular formula is C25H34FN3O2. The Kier molecular flexibility index (Phi) is 4.86. The molecule has 0 bridgehead atoms. The second-order valence-electron chi connectivity index (χ2n) is 11.5. The Hall–Kier alpha value is -1.74. The highest BCUT2D eigenvalue weighted by atomic mass is 19.1. The van der Waals surface area contributed by atoms with E-state index in [1.165, 1.54) is 6.20 Å². The highest BCUT2D eigenvalue weighted by molar-refractivity contribution is 5.82. The molecule has 4 saturated carbocycles. The van der Waals surface area contributed by atoms with Crippen molar-refractivity contribution < 1.29 is 14.3 Å². The number of halogens is 1. The summed E-state index contributed by atoms with van der Waals surface area (Å²) < 4.78 is 18.0. The van der Waals surface area contributed by atoms with Gasteiger partial charge in [0.2, 0.25) is 0 Å². The largest absolute Gasteiger partial charge is 0.390 e. The van der Waals surface area contributed by atoms with Gasteiger partial charge < -0.3 is 5.11 Å². The summed E-state index contributed by atoms with van der Waals surface area (Å²) in [6.07, 6.45) is 10.3. The molecule has 0 saturated heterocycles. The molecule has 0 amide bonds. The first kappa shape index (κ1) is 21.1. The minimum atomic E-state index is -1.14. The molecule has 0 aliphatic heterocycles. The fraction of sp³-hybridized carbons (Fsp3) is 0.800. The summed E-state index contributed by atoms with van der Waals surface area (Å²) in [7, 11) is 0. The van der Waals surface area contributed by atoms with Crippen molar-refractivity contribution in [1.82, 2.24) is 9.78 Å². The maximum absolute atomic E-state index is 16.4. The van der Waals surface area contributed by atoms with Crippen molar-refractivity contribution in [3.63, 3.8) is 0 Å². The SMILES string of the molecule is C[C@@]1(O)CC[C@@]2(F)[C@@H](CC[C@H]3[C@@H]4CC[C@H](C(=O)Cn5cc(C#N)cn5)[C@@]4(C)CC[C@@H]32)C1. The van der Waals surface area contributed by atoms with Gasteiger partial charge in [-0.3, -0.25) is 9.48 Å². The van der Waals surface area contributed by atoms with E-state index in [1.807, 2.05) is 6.92 Å². The molecule has 1 N–H and O–H groups in total. The fourth-order valence-electron chi connectivity index (χ4n) is 8.28. The van der Waals surface area contributed by atoms with Gasteiger partial charge in [0.1, 0.15) is 11.7 Å². The predicted octanol–water partition coefficient (Wildman–Crippen LogP) is 4.44. The zero-order valence-corrected chi connectivity index (χ0v) is 18.7. The topological polar surface area (TPSA) is 78.9 Å². The number of alkyl halides is 1. The molecule has 168 valence electrons. The zero-order valence-electron chi connectivity index (χ0n) is 18.7. The molecule has 1 aromatic rings. The lowest BCUT2D eigenvalue weighted by Crippen LogP contribution is -2.58. The number of carbonyl (C=O) groups excluding carboxylic acids is 1. The smallest absolute Gasteiger partial charge is 0.157 e. The fourth-order valence-corrected chi connectivity index (χ4v) is 8.28. The van der Waals surface area contributed by atoms with Gasteiger partial charge in [-0.1, -0.05) is 6.92 Å². The standard InChI is InChI=1S/C25H34FN3O2/c1-23(31)9-10-25(26)17(11-23)3-4-18-19-5-6-21(24(19,2)8-7-20(18)25)22(30)15-29-14-16(12-27)13-28-29/h13-14,17-21,31H,3-11,15H2,1-2H3/t17-,18-,19-,20-,21+,23+,24-,25+/m0/s1. The van der Waals surface area contributed by atoms with Crippen molar-refractivity contribution in [3.05, 3.63) is 18.0 Å². The number of fused-ring (bicyclic) bond motifs is 5. The third kappa shape index (κ3) is 3.26. The summed E-state index contributed by atoms with van der Waals surface area (Å²) in [5, 5.41) is 23.7. The number of Topliss-reactive ketones (excluding diaryl/α,β-unsaturated/α-hetero) is 1. The minimum Gasteiger partial charge on any atom is -0.390 e. The first-order chi connectivity index (χ1) is 14.7. The number of rotatable bonds is 3. The monoisotopic (exact) mass is 427 g/mol. The van der Waals surface area contributed by atoms with E-state index in [0.717, 1.165) is 38.5 Å².